The molecular weight excluding hydrogens is 299 g/mol. The average molecular weight is 323 g/mol. The number of carbonyl (C=O) groups is 1. The first-order valence-corrected chi connectivity index (χ1v) is 7.73. The van der Waals surface area contributed by atoms with Crippen molar-refractivity contribution < 1.29 is 22.7 Å². The number of hydrogen-bond acceptors (Lipinski definition) is 4. The standard InChI is InChI=1S/C14H24F3N3O2/c15-14(16,17)11-19-4-1-5-20(7-6-19)12(21)13(10-18)2-8-22-9-3-13/h1-11,18H2. The minimum atomic E-state index is -4.20. The number of carbonyl (C=O) groups excluding carboxylic acids is 1. The zero-order valence-corrected chi connectivity index (χ0v) is 12.7. The van der Waals surface area contributed by atoms with E-state index in [0.29, 0.717) is 52.1 Å². The summed E-state index contributed by atoms with van der Waals surface area (Å²) in [5.41, 5.74) is 5.23. The van der Waals surface area contributed by atoms with Gasteiger partial charge in [-0.15, -0.1) is 0 Å². The number of nitrogens with two attached hydrogens (primary N) is 1. The quantitative estimate of drug-likeness (QED) is 0.836. The maximum Gasteiger partial charge on any atom is 0.401 e. The number of ether oxygens (including phenoxy) is 1. The van der Waals surface area contributed by atoms with Gasteiger partial charge in [-0.05, 0) is 19.3 Å². The Labute approximate surface area is 128 Å². The first kappa shape index (κ1) is 17.5. The number of nitrogens with zero attached hydrogens (tertiary/aromatic N) is 2. The molecule has 0 aromatic carbocycles. The van der Waals surface area contributed by atoms with Gasteiger partial charge in [-0.1, -0.05) is 0 Å². The second kappa shape index (κ2) is 7.14. The highest BCUT2D eigenvalue weighted by Crippen LogP contribution is 2.32. The predicted molar refractivity (Wildman–Crippen MR) is 75.2 cm³/mol. The lowest BCUT2D eigenvalue weighted by molar-refractivity contribution is -0.148. The summed E-state index contributed by atoms with van der Waals surface area (Å²) in [6, 6.07) is 0. The molecule has 22 heavy (non-hydrogen) atoms. The Kier molecular flexibility index (Phi) is 5.68. The summed E-state index contributed by atoms with van der Waals surface area (Å²) in [7, 11) is 0. The van der Waals surface area contributed by atoms with E-state index in [1.807, 2.05) is 0 Å². The third-order valence-electron chi connectivity index (χ3n) is 4.57. The SMILES string of the molecule is NCC1(C(=O)N2CCCN(CC(F)(F)F)CC2)CCOCC1. The molecule has 1 amide bonds. The molecule has 0 aromatic rings. The van der Waals surface area contributed by atoms with E-state index in [4.69, 9.17) is 10.5 Å². The molecule has 2 N–H and O–H groups in total. The molecular formula is C14H24F3N3O2. The molecule has 2 rings (SSSR count). The van der Waals surface area contributed by atoms with Gasteiger partial charge in [0.2, 0.25) is 5.91 Å². The highest BCUT2D eigenvalue weighted by atomic mass is 19.4. The van der Waals surface area contributed by atoms with Crippen LogP contribution >= 0.6 is 0 Å². The molecule has 0 bridgehead atoms. The minimum absolute atomic E-state index is 0.0211. The van der Waals surface area contributed by atoms with Gasteiger partial charge in [0, 0.05) is 45.9 Å². The van der Waals surface area contributed by atoms with Crippen molar-refractivity contribution in [1.29, 1.82) is 0 Å². The first-order chi connectivity index (χ1) is 10.4. The van der Waals surface area contributed by atoms with Crippen molar-refractivity contribution in [3.63, 3.8) is 0 Å². The number of halogens is 3. The number of alkyl halides is 3. The topological polar surface area (TPSA) is 58.8 Å². The summed E-state index contributed by atoms with van der Waals surface area (Å²) < 4.78 is 42.7. The molecule has 8 heteroatoms. The first-order valence-electron chi connectivity index (χ1n) is 7.73. The Morgan fingerprint density at radius 3 is 2.41 bits per heavy atom. The van der Waals surface area contributed by atoms with Gasteiger partial charge in [-0.2, -0.15) is 13.2 Å². The molecule has 2 fully saturated rings. The van der Waals surface area contributed by atoms with E-state index in [-0.39, 0.29) is 19.0 Å². The maximum absolute atomic E-state index is 12.8. The summed E-state index contributed by atoms with van der Waals surface area (Å²) in [6.07, 6.45) is -2.46. The van der Waals surface area contributed by atoms with Gasteiger partial charge in [-0.25, -0.2) is 0 Å². The van der Waals surface area contributed by atoms with Gasteiger partial charge in [0.05, 0.1) is 12.0 Å². The molecule has 5 nitrogen and oxygen atoms in total. The molecule has 2 aliphatic rings. The lowest BCUT2D eigenvalue weighted by atomic mass is 9.79. The van der Waals surface area contributed by atoms with Crippen molar-refractivity contribution in [1.82, 2.24) is 9.80 Å². The summed E-state index contributed by atoms with van der Waals surface area (Å²) in [5, 5.41) is 0. The van der Waals surface area contributed by atoms with Crippen LogP contribution in [0.5, 0.6) is 0 Å². The molecule has 0 saturated carbocycles. The van der Waals surface area contributed by atoms with Gasteiger partial charge in [0.1, 0.15) is 0 Å². The number of amides is 1. The molecule has 0 unspecified atom stereocenters. The molecule has 0 radical (unpaired) electrons. The molecule has 0 atom stereocenters. The van der Waals surface area contributed by atoms with Gasteiger partial charge < -0.3 is 15.4 Å². The second-order valence-electron chi connectivity index (χ2n) is 6.13. The van der Waals surface area contributed by atoms with E-state index >= 15 is 0 Å². The van der Waals surface area contributed by atoms with Crippen LogP contribution in [0.3, 0.4) is 0 Å². The Bertz CT molecular complexity index is 384. The molecule has 2 aliphatic heterocycles. The lowest BCUT2D eigenvalue weighted by Gasteiger charge is -2.38. The normalized spacial score (nSPS) is 24.1. The third kappa shape index (κ3) is 4.33. The smallest absolute Gasteiger partial charge is 0.381 e. The van der Waals surface area contributed by atoms with Crippen LogP contribution in [0.4, 0.5) is 13.2 Å². The van der Waals surface area contributed by atoms with E-state index in [1.54, 1.807) is 4.90 Å². The largest absolute Gasteiger partial charge is 0.401 e. The Morgan fingerprint density at radius 2 is 1.82 bits per heavy atom. The van der Waals surface area contributed by atoms with E-state index in [1.165, 1.54) is 4.90 Å². The molecule has 0 spiro atoms. The Balaban J connectivity index is 1.96. The van der Waals surface area contributed by atoms with Crippen LogP contribution in [0.2, 0.25) is 0 Å². The van der Waals surface area contributed by atoms with Crippen LogP contribution in [0.25, 0.3) is 0 Å². The van der Waals surface area contributed by atoms with Crippen molar-refractivity contribution in [2.45, 2.75) is 25.4 Å². The molecule has 0 aliphatic carbocycles. The van der Waals surface area contributed by atoms with Gasteiger partial charge in [0.25, 0.3) is 0 Å². The Hall–Kier alpha value is -0.860. The van der Waals surface area contributed by atoms with Crippen molar-refractivity contribution in [3.8, 4) is 0 Å². The second-order valence-corrected chi connectivity index (χ2v) is 6.13. The maximum atomic E-state index is 12.8. The van der Waals surface area contributed by atoms with E-state index < -0.39 is 18.1 Å². The summed E-state index contributed by atoms with van der Waals surface area (Å²) >= 11 is 0. The van der Waals surface area contributed by atoms with Crippen LogP contribution in [-0.4, -0.2) is 74.4 Å². The average Bonchev–Trinajstić information content (AvgIpc) is 2.71. The monoisotopic (exact) mass is 323 g/mol. The Morgan fingerprint density at radius 1 is 1.14 bits per heavy atom. The molecule has 0 aromatic heterocycles. The summed E-state index contributed by atoms with van der Waals surface area (Å²) in [6.45, 7) is 1.81. The number of hydrogen-bond donors (Lipinski definition) is 1. The fourth-order valence-corrected chi connectivity index (χ4v) is 3.19. The van der Waals surface area contributed by atoms with Crippen LogP contribution < -0.4 is 5.73 Å². The van der Waals surface area contributed by atoms with Gasteiger partial charge in [-0.3, -0.25) is 9.69 Å². The van der Waals surface area contributed by atoms with Crippen LogP contribution in [0.15, 0.2) is 0 Å². The van der Waals surface area contributed by atoms with Crippen molar-refractivity contribution in [3.05, 3.63) is 0 Å². The van der Waals surface area contributed by atoms with Crippen LogP contribution in [0.1, 0.15) is 19.3 Å². The molecule has 2 saturated heterocycles. The molecule has 2 heterocycles. The summed E-state index contributed by atoms with van der Waals surface area (Å²) in [5.74, 6) is -0.0211. The van der Waals surface area contributed by atoms with Gasteiger partial charge in [0.15, 0.2) is 0 Å². The van der Waals surface area contributed by atoms with E-state index in [9.17, 15) is 18.0 Å². The van der Waals surface area contributed by atoms with Crippen LogP contribution in [-0.2, 0) is 9.53 Å². The highest BCUT2D eigenvalue weighted by molar-refractivity contribution is 5.83. The summed E-state index contributed by atoms with van der Waals surface area (Å²) in [4.78, 5) is 15.9. The van der Waals surface area contributed by atoms with E-state index in [2.05, 4.69) is 0 Å². The van der Waals surface area contributed by atoms with E-state index in [0.717, 1.165) is 0 Å². The number of rotatable bonds is 3. The van der Waals surface area contributed by atoms with Crippen molar-refractivity contribution in [2.24, 2.45) is 11.1 Å². The molecule has 128 valence electrons. The third-order valence-corrected chi connectivity index (χ3v) is 4.57. The van der Waals surface area contributed by atoms with Crippen molar-refractivity contribution >= 4 is 5.91 Å². The minimum Gasteiger partial charge on any atom is -0.381 e. The lowest BCUT2D eigenvalue weighted by Crippen LogP contribution is -2.51. The fourth-order valence-electron chi connectivity index (χ4n) is 3.19. The van der Waals surface area contributed by atoms with Crippen molar-refractivity contribution in [2.75, 3.05) is 52.5 Å². The fraction of sp³-hybridized carbons (Fsp3) is 0.929. The zero-order chi connectivity index (χ0) is 16.2. The predicted octanol–water partition coefficient (Wildman–Crippen LogP) is 0.838. The highest BCUT2D eigenvalue weighted by Gasteiger charge is 2.42. The zero-order valence-electron chi connectivity index (χ0n) is 12.7. The van der Waals surface area contributed by atoms with Gasteiger partial charge >= 0.3 is 6.18 Å². The van der Waals surface area contributed by atoms with Crippen LogP contribution in [0, 0.1) is 5.41 Å².